The average Bonchev–Trinajstić information content (AvgIpc) is 2.92. The summed E-state index contributed by atoms with van der Waals surface area (Å²) in [5.74, 6) is 0.878. The highest BCUT2D eigenvalue weighted by atomic mass is 16.3. The lowest BCUT2D eigenvalue weighted by atomic mass is 9.82. The smallest absolute Gasteiger partial charge is 0.122 e. The number of benzene rings is 2. The zero-order chi connectivity index (χ0) is 14.9. The van der Waals surface area contributed by atoms with Crippen LogP contribution < -0.4 is 5.32 Å². The lowest BCUT2D eigenvalue weighted by Gasteiger charge is -2.27. The minimum absolute atomic E-state index is 0.0469. The molecule has 0 fully saturated rings. The Morgan fingerprint density at radius 1 is 1.10 bits per heavy atom. The molecule has 2 atom stereocenters. The minimum Gasteiger partial charge on any atom is -0.507 e. The van der Waals surface area contributed by atoms with E-state index in [1.54, 1.807) is 0 Å². The topological polar surface area (TPSA) is 32.3 Å². The maximum absolute atomic E-state index is 10.4. The van der Waals surface area contributed by atoms with Crippen molar-refractivity contribution < 1.29 is 5.11 Å². The zero-order valence-corrected chi connectivity index (χ0v) is 13.0. The molecule has 108 valence electrons. The predicted molar refractivity (Wildman–Crippen MR) is 86.2 cm³/mol. The van der Waals surface area contributed by atoms with Crippen LogP contribution in [-0.4, -0.2) is 5.11 Å². The third kappa shape index (κ3) is 1.38. The first kappa shape index (κ1) is 12.8. The van der Waals surface area contributed by atoms with Gasteiger partial charge in [0.05, 0.1) is 5.54 Å². The van der Waals surface area contributed by atoms with Crippen LogP contribution in [0, 0.1) is 20.8 Å². The van der Waals surface area contributed by atoms with Crippen molar-refractivity contribution in [2.24, 2.45) is 0 Å². The second-order valence-corrected chi connectivity index (χ2v) is 6.75. The minimum atomic E-state index is -0.0469. The molecule has 1 aliphatic heterocycles. The van der Waals surface area contributed by atoms with Gasteiger partial charge in [0.25, 0.3) is 0 Å². The molecule has 2 aliphatic rings. The summed E-state index contributed by atoms with van der Waals surface area (Å²) in [6, 6.07) is 8.72. The lowest BCUT2D eigenvalue weighted by molar-refractivity contribution is 0.460. The summed E-state index contributed by atoms with van der Waals surface area (Å²) in [4.78, 5) is 0. The van der Waals surface area contributed by atoms with Crippen LogP contribution in [0.5, 0.6) is 5.75 Å². The van der Waals surface area contributed by atoms with Crippen molar-refractivity contribution in [1.82, 2.24) is 0 Å². The number of hydrogen-bond donors (Lipinski definition) is 2. The Morgan fingerprint density at radius 3 is 2.57 bits per heavy atom. The molecule has 2 heteroatoms. The second kappa shape index (κ2) is 3.82. The molecular formula is C19H21NO. The molecular weight excluding hydrogens is 258 g/mol. The van der Waals surface area contributed by atoms with E-state index in [0.29, 0.717) is 11.7 Å². The number of aromatic hydroxyl groups is 1. The van der Waals surface area contributed by atoms with E-state index in [0.717, 1.165) is 17.5 Å². The van der Waals surface area contributed by atoms with Gasteiger partial charge in [-0.3, -0.25) is 0 Å². The number of phenols is 1. The van der Waals surface area contributed by atoms with Gasteiger partial charge in [-0.25, -0.2) is 0 Å². The molecule has 2 nitrogen and oxygen atoms in total. The Bertz CT molecular complexity index is 778. The van der Waals surface area contributed by atoms with Crippen LogP contribution in [0.2, 0.25) is 0 Å². The van der Waals surface area contributed by atoms with E-state index in [2.05, 4.69) is 50.4 Å². The van der Waals surface area contributed by atoms with Gasteiger partial charge in [0.15, 0.2) is 0 Å². The van der Waals surface area contributed by atoms with Crippen molar-refractivity contribution in [3.63, 3.8) is 0 Å². The highest BCUT2D eigenvalue weighted by Gasteiger charge is 2.50. The molecule has 0 spiro atoms. The van der Waals surface area contributed by atoms with E-state index >= 15 is 0 Å². The largest absolute Gasteiger partial charge is 0.507 e. The quantitative estimate of drug-likeness (QED) is 0.705. The fraction of sp³-hybridized carbons (Fsp3) is 0.368. The van der Waals surface area contributed by atoms with Gasteiger partial charge in [0.1, 0.15) is 5.75 Å². The van der Waals surface area contributed by atoms with Gasteiger partial charge in [0.2, 0.25) is 0 Å². The van der Waals surface area contributed by atoms with Crippen LogP contribution in [0.15, 0.2) is 24.3 Å². The van der Waals surface area contributed by atoms with E-state index in [9.17, 15) is 5.11 Å². The number of fused-ring (bicyclic) bond motifs is 5. The predicted octanol–water partition coefficient (Wildman–Crippen LogP) is 4.30. The van der Waals surface area contributed by atoms with Crippen LogP contribution >= 0.6 is 0 Å². The summed E-state index contributed by atoms with van der Waals surface area (Å²) in [6.07, 6.45) is 1.05. The lowest BCUT2D eigenvalue weighted by Crippen LogP contribution is -2.29. The van der Waals surface area contributed by atoms with Gasteiger partial charge in [-0.2, -0.15) is 0 Å². The molecule has 2 N–H and O–H groups in total. The molecule has 0 saturated carbocycles. The van der Waals surface area contributed by atoms with Crippen molar-refractivity contribution in [2.75, 3.05) is 5.32 Å². The molecule has 0 aromatic heterocycles. The van der Waals surface area contributed by atoms with E-state index < -0.39 is 0 Å². The fourth-order valence-electron chi connectivity index (χ4n) is 4.38. The maximum Gasteiger partial charge on any atom is 0.122 e. The Kier molecular flexibility index (Phi) is 2.32. The highest BCUT2D eigenvalue weighted by molar-refractivity contribution is 5.75. The summed E-state index contributed by atoms with van der Waals surface area (Å²) in [5.41, 5.74) is 8.56. The van der Waals surface area contributed by atoms with Crippen molar-refractivity contribution in [3.8, 4) is 5.75 Å². The van der Waals surface area contributed by atoms with E-state index in [1.807, 2.05) is 6.92 Å². The van der Waals surface area contributed by atoms with E-state index in [-0.39, 0.29) is 5.54 Å². The zero-order valence-electron chi connectivity index (χ0n) is 13.0. The van der Waals surface area contributed by atoms with Gasteiger partial charge in [-0.1, -0.05) is 24.3 Å². The average molecular weight is 279 g/mol. The van der Waals surface area contributed by atoms with Crippen LogP contribution in [0.1, 0.15) is 46.2 Å². The van der Waals surface area contributed by atoms with Crippen LogP contribution in [0.4, 0.5) is 5.69 Å². The van der Waals surface area contributed by atoms with Crippen molar-refractivity contribution in [1.29, 1.82) is 0 Å². The molecule has 2 aromatic rings. The first-order valence-corrected chi connectivity index (χ1v) is 7.64. The Labute approximate surface area is 125 Å². The number of anilines is 1. The second-order valence-electron chi connectivity index (χ2n) is 6.75. The standard InChI is InChI=1S/C19H21NO/c1-10-11(2)18(21)12(3)16-15-9-13-7-5-6-8-14(13)19(15,4)20-17(10)16/h5-8,15,20-21H,9H2,1-4H3/t15-,19-/m1/s1. The molecule has 0 bridgehead atoms. The fourth-order valence-corrected chi connectivity index (χ4v) is 4.38. The highest BCUT2D eigenvalue weighted by Crippen LogP contribution is 2.58. The van der Waals surface area contributed by atoms with Gasteiger partial charge in [-0.05, 0) is 67.5 Å². The van der Waals surface area contributed by atoms with Gasteiger partial charge < -0.3 is 10.4 Å². The van der Waals surface area contributed by atoms with Crippen molar-refractivity contribution in [2.45, 2.75) is 45.6 Å². The molecule has 1 aliphatic carbocycles. The van der Waals surface area contributed by atoms with Crippen molar-refractivity contribution in [3.05, 3.63) is 57.6 Å². The van der Waals surface area contributed by atoms with Gasteiger partial charge in [-0.15, -0.1) is 0 Å². The Hall–Kier alpha value is -1.96. The first-order chi connectivity index (χ1) is 9.95. The summed E-state index contributed by atoms with van der Waals surface area (Å²) in [5, 5.41) is 14.2. The number of rotatable bonds is 0. The van der Waals surface area contributed by atoms with E-state index in [4.69, 9.17) is 0 Å². The molecule has 2 aromatic carbocycles. The normalized spacial score (nSPS) is 25.2. The molecule has 1 heterocycles. The molecule has 0 unspecified atom stereocenters. The summed E-state index contributed by atoms with van der Waals surface area (Å²) >= 11 is 0. The number of nitrogens with one attached hydrogen (secondary N) is 1. The third-order valence-corrected chi connectivity index (χ3v) is 5.75. The first-order valence-electron chi connectivity index (χ1n) is 7.64. The van der Waals surface area contributed by atoms with Crippen LogP contribution in [-0.2, 0) is 12.0 Å². The van der Waals surface area contributed by atoms with Gasteiger partial charge >= 0.3 is 0 Å². The van der Waals surface area contributed by atoms with Crippen LogP contribution in [0.3, 0.4) is 0 Å². The molecule has 4 rings (SSSR count). The van der Waals surface area contributed by atoms with Crippen molar-refractivity contribution >= 4 is 5.69 Å². The van der Waals surface area contributed by atoms with Crippen LogP contribution in [0.25, 0.3) is 0 Å². The monoisotopic (exact) mass is 279 g/mol. The molecule has 0 radical (unpaired) electrons. The number of hydrogen-bond acceptors (Lipinski definition) is 2. The Morgan fingerprint density at radius 2 is 1.81 bits per heavy atom. The maximum atomic E-state index is 10.4. The summed E-state index contributed by atoms with van der Waals surface area (Å²) < 4.78 is 0. The number of phenolic OH excluding ortho intramolecular Hbond substituents is 1. The SMILES string of the molecule is Cc1c(C)c2c(c(C)c1O)[C@H]1Cc3ccccc3[C@@]1(C)N2. The van der Waals surface area contributed by atoms with Gasteiger partial charge in [0, 0.05) is 11.6 Å². The summed E-state index contributed by atoms with van der Waals surface area (Å²) in [7, 11) is 0. The molecule has 21 heavy (non-hydrogen) atoms. The van der Waals surface area contributed by atoms with E-state index in [1.165, 1.54) is 27.9 Å². The summed E-state index contributed by atoms with van der Waals surface area (Å²) in [6.45, 7) is 8.46. The third-order valence-electron chi connectivity index (χ3n) is 5.75. The Balaban J connectivity index is 1.99. The molecule has 0 saturated heterocycles. The molecule has 0 amide bonds.